The average Bonchev–Trinajstić information content (AvgIpc) is 2.59. The normalized spacial score (nSPS) is 14.1. The molecule has 2 N–H and O–H groups in total. The van der Waals surface area contributed by atoms with E-state index in [1.54, 1.807) is 0 Å². The molecule has 1 unspecified atom stereocenters. The number of nitrogens with zero attached hydrogens (tertiary/aromatic N) is 2. The van der Waals surface area contributed by atoms with Crippen molar-refractivity contribution in [3.05, 3.63) is 18.2 Å². The lowest BCUT2D eigenvalue weighted by atomic mass is 9.90. The molecule has 0 saturated heterocycles. The molecule has 16 heavy (non-hydrogen) atoms. The minimum absolute atomic E-state index is 0.295. The van der Waals surface area contributed by atoms with Crippen LogP contribution in [-0.4, -0.2) is 16.1 Å². The fourth-order valence-electron chi connectivity index (χ4n) is 2.04. The number of hydrogen-bond donors (Lipinski definition) is 1. The summed E-state index contributed by atoms with van der Waals surface area (Å²) in [4.78, 5) is 4.26. The topological polar surface area (TPSA) is 43.8 Å². The maximum absolute atomic E-state index is 5.83. The van der Waals surface area contributed by atoms with Crippen molar-refractivity contribution in [3.8, 4) is 0 Å². The number of hydrogen-bond acceptors (Lipinski definition) is 2. The maximum Gasteiger partial charge on any atom is 0.0951 e. The number of nitrogens with two attached hydrogens (primary N) is 1. The lowest BCUT2D eigenvalue weighted by Gasteiger charge is -2.23. The second-order valence-electron chi connectivity index (χ2n) is 5.71. The molecule has 1 aromatic heterocycles. The highest BCUT2D eigenvalue weighted by molar-refractivity contribution is 5.03. The summed E-state index contributed by atoms with van der Waals surface area (Å²) in [5, 5.41) is 0. The van der Waals surface area contributed by atoms with Gasteiger partial charge in [0.05, 0.1) is 6.33 Å². The van der Waals surface area contributed by atoms with Crippen LogP contribution < -0.4 is 5.73 Å². The quantitative estimate of drug-likeness (QED) is 0.834. The minimum Gasteiger partial charge on any atom is -0.330 e. The van der Waals surface area contributed by atoms with Crippen LogP contribution in [0.25, 0.3) is 0 Å². The van der Waals surface area contributed by atoms with Crippen molar-refractivity contribution < 1.29 is 0 Å². The van der Waals surface area contributed by atoms with Crippen molar-refractivity contribution in [2.45, 2.75) is 53.0 Å². The van der Waals surface area contributed by atoms with Gasteiger partial charge >= 0.3 is 0 Å². The van der Waals surface area contributed by atoms with Gasteiger partial charge in [-0.3, -0.25) is 0 Å². The van der Waals surface area contributed by atoms with E-state index < -0.39 is 0 Å². The molecule has 0 amide bonds. The van der Waals surface area contributed by atoms with Gasteiger partial charge in [-0.2, -0.15) is 0 Å². The molecule has 92 valence electrons. The second-order valence-corrected chi connectivity index (χ2v) is 5.71. The van der Waals surface area contributed by atoms with Crippen molar-refractivity contribution in [1.82, 2.24) is 9.55 Å². The van der Waals surface area contributed by atoms with Gasteiger partial charge in [-0.05, 0) is 18.3 Å². The Kier molecular flexibility index (Phi) is 4.54. The molecule has 0 aromatic carbocycles. The van der Waals surface area contributed by atoms with Gasteiger partial charge in [0.15, 0.2) is 0 Å². The lowest BCUT2D eigenvalue weighted by Crippen LogP contribution is -2.22. The van der Waals surface area contributed by atoms with Crippen LogP contribution in [0.15, 0.2) is 12.5 Å². The van der Waals surface area contributed by atoms with Gasteiger partial charge in [0, 0.05) is 24.5 Å². The fourth-order valence-corrected chi connectivity index (χ4v) is 2.04. The van der Waals surface area contributed by atoms with Crippen molar-refractivity contribution in [3.63, 3.8) is 0 Å². The van der Waals surface area contributed by atoms with E-state index in [0.29, 0.717) is 18.0 Å². The molecule has 0 bridgehead atoms. The zero-order valence-electron chi connectivity index (χ0n) is 11.0. The van der Waals surface area contributed by atoms with E-state index in [0.717, 1.165) is 19.3 Å². The zero-order valence-corrected chi connectivity index (χ0v) is 11.0. The van der Waals surface area contributed by atoms with Gasteiger partial charge in [-0.1, -0.05) is 34.1 Å². The molecule has 1 rings (SSSR count). The van der Waals surface area contributed by atoms with Gasteiger partial charge < -0.3 is 10.3 Å². The van der Waals surface area contributed by atoms with Crippen molar-refractivity contribution in [2.75, 3.05) is 6.54 Å². The molecule has 0 spiro atoms. The Bertz CT molecular complexity index is 309. The van der Waals surface area contributed by atoms with Crippen molar-refractivity contribution in [2.24, 2.45) is 11.1 Å². The Hall–Kier alpha value is -0.830. The average molecular weight is 223 g/mol. The van der Waals surface area contributed by atoms with E-state index >= 15 is 0 Å². The van der Waals surface area contributed by atoms with E-state index in [2.05, 4.69) is 37.2 Å². The van der Waals surface area contributed by atoms with E-state index in [-0.39, 0.29) is 0 Å². The summed E-state index contributed by atoms with van der Waals surface area (Å²) >= 11 is 0. The maximum atomic E-state index is 5.83. The summed E-state index contributed by atoms with van der Waals surface area (Å²) < 4.78 is 2.26. The minimum atomic E-state index is 0.295. The van der Waals surface area contributed by atoms with Gasteiger partial charge in [-0.25, -0.2) is 4.98 Å². The molecule has 0 saturated carbocycles. The van der Waals surface area contributed by atoms with Crippen LogP contribution in [0.2, 0.25) is 0 Å². The summed E-state index contributed by atoms with van der Waals surface area (Å²) in [6, 6.07) is 0.407. The molecular weight excluding hydrogens is 198 g/mol. The molecule has 0 radical (unpaired) electrons. The molecule has 1 atom stereocenters. The Balaban J connectivity index is 2.83. The van der Waals surface area contributed by atoms with E-state index in [4.69, 9.17) is 5.73 Å². The summed E-state index contributed by atoms with van der Waals surface area (Å²) in [7, 11) is 0. The Labute approximate surface area is 99.1 Å². The van der Waals surface area contributed by atoms with Crippen LogP contribution in [0.4, 0.5) is 0 Å². The standard InChI is InChI=1S/C13H25N3/c1-5-6-11(8-14)16-10-15-9-12(16)7-13(2,3)4/h9-11H,5-8,14H2,1-4H3. The summed E-state index contributed by atoms with van der Waals surface area (Å²) in [5.74, 6) is 0. The third-order valence-electron chi connectivity index (χ3n) is 2.75. The first-order valence-electron chi connectivity index (χ1n) is 6.18. The molecule has 1 heterocycles. The SMILES string of the molecule is CCCC(CN)n1cncc1CC(C)(C)C. The number of aromatic nitrogens is 2. The van der Waals surface area contributed by atoms with E-state index in [1.165, 1.54) is 5.69 Å². The fraction of sp³-hybridized carbons (Fsp3) is 0.769. The van der Waals surface area contributed by atoms with Gasteiger partial charge in [-0.15, -0.1) is 0 Å². The number of rotatable bonds is 5. The molecular formula is C13H25N3. The first-order chi connectivity index (χ1) is 7.48. The highest BCUT2D eigenvalue weighted by atomic mass is 15.1. The predicted molar refractivity (Wildman–Crippen MR) is 68.4 cm³/mol. The Morgan fingerprint density at radius 3 is 2.62 bits per heavy atom. The summed E-state index contributed by atoms with van der Waals surface area (Å²) in [5.41, 5.74) is 7.43. The Morgan fingerprint density at radius 2 is 2.12 bits per heavy atom. The van der Waals surface area contributed by atoms with Gasteiger partial charge in [0.1, 0.15) is 0 Å². The predicted octanol–water partition coefficient (Wildman–Crippen LogP) is 2.77. The van der Waals surface area contributed by atoms with Crippen LogP contribution in [-0.2, 0) is 6.42 Å². The van der Waals surface area contributed by atoms with Crippen LogP contribution >= 0.6 is 0 Å². The van der Waals surface area contributed by atoms with Gasteiger partial charge in [0.25, 0.3) is 0 Å². The van der Waals surface area contributed by atoms with Crippen molar-refractivity contribution in [1.29, 1.82) is 0 Å². The lowest BCUT2D eigenvalue weighted by molar-refractivity contribution is 0.379. The van der Waals surface area contributed by atoms with Crippen molar-refractivity contribution >= 4 is 0 Å². The molecule has 3 nitrogen and oxygen atoms in total. The van der Waals surface area contributed by atoms with E-state index in [9.17, 15) is 0 Å². The molecule has 0 fully saturated rings. The monoisotopic (exact) mass is 223 g/mol. The van der Waals surface area contributed by atoms with Crippen LogP contribution in [0.1, 0.15) is 52.3 Å². The second kappa shape index (κ2) is 5.48. The van der Waals surface area contributed by atoms with Gasteiger partial charge in [0.2, 0.25) is 0 Å². The molecule has 0 aliphatic heterocycles. The highest BCUT2D eigenvalue weighted by Gasteiger charge is 2.17. The highest BCUT2D eigenvalue weighted by Crippen LogP contribution is 2.23. The molecule has 0 aliphatic carbocycles. The van der Waals surface area contributed by atoms with E-state index in [1.807, 2.05) is 12.5 Å². The summed E-state index contributed by atoms with van der Waals surface area (Å²) in [6.07, 6.45) is 7.24. The zero-order chi connectivity index (χ0) is 12.2. The summed E-state index contributed by atoms with van der Waals surface area (Å²) in [6.45, 7) is 9.65. The largest absolute Gasteiger partial charge is 0.330 e. The first kappa shape index (κ1) is 13.2. The van der Waals surface area contributed by atoms with Crippen LogP contribution in [0, 0.1) is 5.41 Å². The van der Waals surface area contributed by atoms with Crippen LogP contribution in [0.3, 0.4) is 0 Å². The Morgan fingerprint density at radius 1 is 1.44 bits per heavy atom. The number of imidazole rings is 1. The molecule has 1 aromatic rings. The molecule has 0 aliphatic rings. The molecule has 3 heteroatoms. The van der Waals surface area contributed by atoms with Crippen LogP contribution in [0.5, 0.6) is 0 Å². The first-order valence-corrected chi connectivity index (χ1v) is 6.18. The smallest absolute Gasteiger partial charge is 0.0951 e. The third-order valence-corrected chi connectivity index (χ3v) is 2.75. The third kappa shape index (κ3) is 3.63.